The van der Waals surface area contributed by atoms with Crippen LogP contribution in [0.2, 0.25) is 0 Å². The molecule has 0 saturated heterocycles. The van der Waals surface area contributed by atoms with Crippen LogP contribution in [0.25, 0.3) is 0 Å². The van der Waals surface area contributed by atoms with E-state index in [4.69, 9.17) is 4.74 Å². The first-order valence-electron chi connectivity index (χ1n) is 5.78. The second kappa shape index (κ2) is 6.64. The van der Waals surface area contributed by atoms with Gasteiger partial charge in [-0.2, -0.15) is 0 Å². The topological polar surface area (TPSA) is 75.6 Å². The second-order valence-electron chi connectivity index (χ2n) is 3.95. The third-order valence-electron chi connectivity index (χ3n) is 2.28. The molecule has 1 rings (SSSR count). The van der Waals surface area contributed by atoms with Gasteiger partial charge in [-0.05, 0) is 25.5 Å². The number of hydrogen-bond donors (Lipinski definition) is 2. The van der Waals surface area contributed by atoms with Gasteiger partial charge in [0.2, 0.25) is 0 Å². The van der Waals surface area contributed by atoms with Crippen LogP contribution in [-0.4, -0.2) is 30.1 Å². The van der Waals surface area contributed by atoms with E-state index in [-0.39, 0.29) is 23.8 Å². The van der Waals surface area contributed by atoms with Crippen molar-refractivity contribution < 1.29 is 19.4 Å². The largest absolute Gasteiger partial charge is 0.507 e. The lowest BCUT2D eigenvalue weighted by atomic mass is 10.1. The summed E-state index contributed by atoms with van der Waals surface area (Å²) in [6.07, 6.45) is 0.818. The maximum absolute atomic E-state index is 11.6. The van der Waals surface area contributed by atoms with Crippen LogP contribution < -0.4 is 5.32 Å². The molecule has 0 atom stereocenters. The number of carbonyl (C=O) groups excluding carboxylic acids is 2. The Bertz CT molecular complexity index is 443. The third kappa shape index (κ3) is 4.08. The Balaban J connectivity index is 2.55. The molecule has 98 valence electrons. The highest BCUT2D eigenvalue weighted by atomic mass is 16.5. The minimum atomic E-state index is -0.706. The molecule has 0 fully saturated rings. The average Bonchev–Trinajstić information content (AvgIpc) is 2.36. The van der Waals surface area contributed by atoms with Gasteiger partial charge in [0.05, 0.1) is 0 Å². The highest BCUT2D eigenvalue weighted by Gasteiger charge is 2.14. The Labute approximate surface area is 106 Å². The Morgan fingerprint density at radius 3 is 2.78 bits per heavy atom. The molecule has 5 heteroatoms. The minimum absolute atomic E-state index is 0.0679. The predicted octanol–water partition coefficient (Wildman–Crippen LogP) is 1.38. The summed E-state index contributed by atoms with van der Waals surface area (Å²) in [5.41, 5.74) is 0.897. The molecule has 0 aromatic heterocycles. The van der Waals surface area contributed by atoms with Crippen molar-refractivity contribution in [2.45, 2.75) is 20.3 Å². The van der Waals surface area contributed by atoms with E-state index < -0.39 is 5.97 Å². The monoisotopic (exact) mass is 251 g/mol. The number of aryl methyl sites for hydroxylation is 1. The lowest BCUT2D eigenvalue weighted by Gasteiger charge is -2.07. The quantitative estimate of drug-likeness (QED) is 0.775. The lowest BCUT2D eigenvalue weighted by molar-refractivity contribution is -0.124. The fourth-order valence-corrected chi connectivity index (χ4v) is 1.34. The summed E-state index contributed by atoms with van der Waals surface area (Å²) in [5.74, 6) is -1.21. The van der Waals surface area contributed by atoms with Crippen molar-refractivity contribution in [3.63, 3.8) is 0 Å². The molecule has 0 radical (unpaired) electrons. The summed E-state index contributed by atoms with van der Waals surface area (Å²) >= 11 is 0. The summed E-state index contributed by atoms with van der Waals surface area (Å²) in [4.78, 5) is 22.9. The smallest absolute Gasteiger partial charge is 0.342 e. The number of amides is 1. The second-order valence-corrected chi connectivity index (χ2v) is 3.95. The van der Waals surface area contributed by atoms with Gasteiger partial charge in [-0.3, -0.25) is 4.79 Å². The van der Waals surface area contributed by atoms with E-state index in [9.17, 15) is 14.7 Å². The van der Waals surface area contributed by atoms with Gasteiger partial charge in [0.25, 0.3) is 5.91 Å². The maximum atomic E-state index is 11.6. The zero-order valence-corrected chi connectivity index (χ0v) is 10.5. The van der Waals surface area contributed by atoms with Crippen LogP contribution in [0, 0.1) is 6.92 Å². The van der Waals surface area contributed by atoms with Crippen molar-refractivity contribution in [3.05, 3.63) is 29.3 Å². The van der Waals surface area contributed by atoms with Gasteiger partial charge < -0.3 is 15.2 Å². The van der Waals surface area contributed by atoms with E-state index in [1.54, 1.807) is 13.0 Å². The molecule has 0 aliphatic carbocycles. The van der Waals surface area contributed by atoms with Gasteiger partial charge in [-0.1, -0.05) is 18.6 Å². The molecule has 1 aromatic carbocycles. The van der Waals surface area contributed by atoms with Crippen LogP contribution in [0.5, 0.6) is 5.75 Å². The molecule has 0 spiro atoms. The number of hydrogen-bond acceptors (Lipinski definition) is 4. The molecule has 0 unspecified atom stereocenters. The molecular weight excluding hydrogens is 234 g/mol. The Hall–Kier alpha value is -2.04. The normalized spacial score (nSPS) is 9.89. The maximum Gasteiger partial charge on any atom is 0.342 e. The third-order valence-corrected chi connectivity index (χ3v) is 2.28. The molecule has 0 heterocycles. The van der Waals surface area contributed by atoms with E-state index in [2.05, 4.69) is 5.32 Å². The SMILES string of the molecule is CCCNC(=O)COC(=O)c1cc(C)ccc1O. The number of phenolic OH excluding ortho intramolecular Hbond substituents is 1. The first-order chi connectivity index (χ1) is 8.54. The van der Waals surface area contributed by atoms with Crippen LogP contribution in [0.15, 0.2) is 18.2 Å². The zero-order valence-electron chi connectivity index (χ0n) is 10.5. The summed E-state index contributed by atoms with van der Waals surface area (Å²) in [6.45, 7) is 3.93. The Morgan fingerprint density at radius 1 is 1.39 bits per heavy atom. The summed E-state index contributed by atoms with van der Waals surface area (Å²) in [7, 11) is 0. The van der Waals surface area contributed by atoms with E-state index in [1.807, 2.05) is 6.92 Å². The summed E-state index contributed by atoms with van der Waals surface area (Å²) < 4.78 is 4.81. The predicted molar refractivity (Wildman–Crippen MR) is 66.4 cm³/mol. The number of rotatable bonds is 5. The first-order valence-corrected chi connectivity index (χ1v) is 5.78. The number of aromatic hydroxyl groups is 1. The van der Waals surface area contributed by atoms with E-state index in [1.165, 1.54) is 12.1 Å². The molecule has 1 aromatic rings. The van der Waals surface area contributed by atoms with Gasteiger partial charge in [0.1, 0.15) is 11.3 Å². The van der Waals surface area contributed by atoms with Gasteiger partial charge in [-0.25, -0.2) is 4.79 Å². The van der Waals surface area contributed by atoms with Gasteiger partial charge in [-0.15, -0.1) is 0 Å². The fourth-order valence-electron chi connectivity index (χ4n) is 1.34. The number of esters is 1. The molecule has 0 aliphatic heterocycles. The molecule has 0 aliphatic rings. The van der Waals surface area contributed by atoms with Crippen LogP contribution in [0.4, 0.5) is 0 Å². The van der Waals surface area contributed by atoms with E-state index in [0.717, 1.165) is 12.0 Å². The Morgan fingerprint density at radius 2 is 2.11 bits per heavy atom. The number of phenols is 1. The number of ether oxygens (including phenoxy) is 1. The number of benzene rings is 1. The number of carbonyl (C=O) groups is 2. The highest BCUT2D eigenvalue weighted by molar-refractivity contribution is 5.94. The van der Waals surface area contributed by atoms with Crippen molar-refractivity contribution in [1.29, 1.82) is 0 Å². The van der Waals surface area contributed by atoms with Crippen molar-refractivity contribution in [2.24, 2.45) is 0 Å². The van der Waals surface area contributed by atoms with Crippen molar-refractivity contribution in [2.75, 3.05) is 13.2 Å². The highest BCUT2D eigenvalue weighted by Crippen LogP contribution is 2.18. The molecule has 2 N–H and O–H groups in total. The summed E-state index contributed by atoms with van der Waals surface area (Å²) in [5, 5.41) is 12.1. The number of nitrogens with one attached hydrogen (secondary N) is 1. The molecular formula is C13H17NO4. The molecule has 0 bridgehead atoms. The van der Waals surface area contributed by atoms with Crippen LogP contribution in [0.1, 0.15) is 29.3 Å². The molecule has 18 heavy (non-hydrogen) atoms. The van der Waals surface area contributed by atoms with Gasteiger partial charge >= 0.3 is 5.97 Å². The molecule has 1 amide bonds. The van der Waals surface area contributed by atoms with Crippen LogP contribution >= 0.6 is 0 Å². The summed E-state index contributed by atoms with van der Waals surface area (Å²) in [6, 6.07) is 4.62. The fraction of sp³-hybridized carbons (Fsp3) is 0.385. The molecule has 5 nitrogen and oxygen atoms in total. The zero-order chi connectivity index (χ0) is 13.5. The van der Waals surface area contributed by atoms with Crippen molar-refractivity contribution in [3.8, 4) is 5.75 Å². The molecule has 0 saturated carbocycles. The standard InChI is InChI=1S/C13H17NO4/c1-3-6-14-12(16)8-18-13(17)10-7-9(2)4-5-11(10)15/h4-5,7,15H,3,6,8H2,1-2H3,(H,14,16). The van der Waals surface area contributed by atoms with E-state index >= 15 is 0 Å². The van der Waals surface area contributed by atoms with Gasteiger partial charge in [0, 0.05) is 6.54 Å². The van der Waals surface area contributed by atoms with Gasteiger partial charge in [0.15, 0.2) is 6.61 Å². The van der Waals surface area contributed by atoms with Crippen molar-refractivity contribution >= 4 is 11.9 Å². The van der Waals surface area contributed by atoms with Crippen LogP contribution in [-0.2, 0) is 9.53 Å². The average molecular weight is 251 g/mol. The van der Waals surface area contributed by atoms with Crippen molar-refractivity contribution in [1.82, 2.24) is 5.32 Å². The van der Waals surface area contributed by atoms with Crippen LogP contribution in [0.3, 0.4) is 0 Å². The minimum Gasteiger partial charge on any atom is -0.507 e. The van der Waals surface area contributed by atoms with E-state index in [0.29, 0.717) is 6.54 Å². The Kier molecular flexibility index (Phi) is 5.17. The lowest BCUT2D eigenvalue weighted by Crippen LogP contribution is -2.29. The first kappa shape index (κ1) is 14.0.